The number of methoxy groups -OCH3 is 2. The predicted octanol–water partition coefficient (Wildman–Crippen LogP) is 2.74. The molecule has 1 aliphatic rings. The Morgan fingerprint density at radius 3 is 2.52 bits per heavy atom. The molecule has 1 aromatic carbocycles. The number of hydrogen-bond donors (Lipinski definition) is 1. The lowest BCUT2D eigenvalue weighted by molar-refractivity contribution is 0.102. The minimum atomic E-state index is -0.260. The molecule has 1 amide bonds. The molecule has 0 atom stereocenters. The summed E-state index contributed by atoms with van der Waals surface area (Å²) in [5, 5.41) is 2.81. The van der Waals surface area contributed by atoms with Crippen LogP contribution in [0.5, 0.6) is 11.5 Å². The third-order valence-corrected chi connectivity index (χ3v) is 4.22. The maximum atomic E-state index is 12.5. The van der Waals surface area contributed by atoms with E-state index in [4.69, 9.17) is 9.47 Å². The van der Waals surface area contributed by atoms with Crippen LogP contribution in [0.25, 0.3) is 0 Å². The first-order valence-electron chi connectivity index (χ1n) is 8.31. The van der Waals surface area contributed by atoms with Crippen LogP contribution >= 0.6 is 0 Å². The van der Waals surface area contributed by atoms with Crippen molar-refractivity contribution in [3.05, 3.63) is 36.2 Å². The molecule has 3 rings (SSSR count). The van der Waals surface area contributed by atoms with E-state index in [1.54, 1.807) is 25.3 Å². The summed E-state index contributed by atoms with van der Waals surface area (Å²) in [5.74, 6) is 2.15. The van der Waals surface area contributed by atoms with Crippen LogP contribution in [0.3, 0.4) is 0 Å². The van der Waals surface area contributed by atoms with E-state index in [9.17, 15) is 4.79 Å². The van der Waals surface area contributed by atoms with Crippen LogP contribution in [0.15, 0.2) is 30.6 Å². The van der Waals surface area contributed by atoms with Gasteiger partial charge in [-0.2, -0.15) is 0 Å². The van der Waals surface area contributed by atoms with Crippen molar-refractivity contribution in [1.82, 2.24) is 9.97 Å². The Balaban J connectivity index is 1.74. The second-order valence-corrected chi connectivity index (χ2v) is 5.83. The number of benzene rings is 1. The Kier molecular flexibility index (Phi) is 5.33. The van der Waals surface area contributed by atoms with Crippen LogP contribution in [0.2, 0.25) is 0 Å². The average molecular weight is 342 g/mol. The van der Waals surface area contributed by atoms with Crippen molar-refractivity contribution in [3.8, 4) is 11.5 Å². The van der Waals surface area contributed by atoms with Crippen molar-refractivity contribution in [2.45, 2.75) is 19.3 Å². The van der Waals surface area contributed by atoms with E-state index < -0.39 is 0 Å². The maximum Gasteiger partial charge on any atom is 0.256 e. The molecule has 0 radical (unpaired) electrons. The molecular weight excluding hydrogens is 320 g/mol. The molecule has 1 N–H and O–H groups in total. The number of aromatic nitrogens is 2. The zero-order chi connectivity index (χ0) is 17.6. The normalized spacial score (nSPS) is 14.1. The first kappa shape index (κ1) is 17.0. The second kappa shape index (κ2) is 7.83. The lowest BCUT2D eigenvalue weighted by Crippen LogP contribution is -2.30. The molecule has 132 valence electrons. The largest absolute Gasteiger partial charge is 0.493 e. The monoisotopic (exact) mass is 342 g/mol. The molecule has 0 saturated carbocycles. The molecule has 0 spiro atoms. The highest BCUT2D eigenvalue weighted by molar-refractivity contribution is 6.04. The summed E-state index contributed by atoms with van der Waals surface area (Å²) in [5.41, 5.74) is 0.468. The van der Waals surface area contributed by atoms with Crippen LogP contribution in [0, 0.1) is 0 Å². The number of carbonyl (C=O) groups is 1. The second-order valence-electron chi connectivity index (χ2n) is 5.83. The summed E-state index contributed by atoms with van der Waals surface area (Å²) in [7, 11) is 3.09. The number of anilines is 2. The number of piperidine rings is 1. The summed E-state index contributed by atoms with van der Waals surface area (Å²) in [4.78, 5) is 23.2. The van der Waals surface area contributed by atoms with Crippen LogP contribution < -0.4 is 19.7 Å². The van der Waals surface area contributed by atoms with Crippen LogP contribution in [-0.4, -0.2) is 43.2 Å². The molecule has 25 heavy (non-hydrogen) atoms. The average Bonchev–Trinajstić information content (AvgIpc) is 2.68. The smallest absolute Gasteiger partial charge is 0.256 e. The third-order valence-electron chi connectivity index (χ3n) is 4.22. The summed E-state index contributed by atoms with van der Waals surface area (Å²) < 4.78 is 10.4. The van der Waals surface area contributed by atoms with Gasteiger partial charge in [0.25, 0.3) is 5.91 Å². The zero-order valence-corrected chi connectivity index (χ0v) is 14.5. The van der Waals surface area contributed by atoms with Crippen LogP contribution in [0.4, 0.5) is 11.6 Å². The van der Waals surface area contributed by atoms with E-state index in [1.807, 2.05) is 6.07 Å². The zero-order valence-electron chi connectivity index (χ0n) is 14.5. The molecule has 2 heterocycles. The quantitative estimate of drug-likeness (QED) is 0.900. The van der Waals surface area contributed by atoms with E-state index in [1.165, 1.54) is 19.9 Å². The molecular formula is C18H22N4O3. The van der Waals surface area contributed by atoms with Gasteiger partial charge in [0.1, 0.15) is 18.0 Å². The number of ether oxygens (including phenoxy) is 2. The molecule has 1 aliphatic heterocycles. The van der Waals surface area contributed by atoms with Crippen molar-refractivity contribution >= 4 is 17.5 Å². The summed E-state index contributed by atoms with van der Waals surface area (Å²) in [6.07, 6.45) is 5.06. The Bertz CT molecular complexity index is 745. The highest BCUT2D eigenvalue weighted by Crippen LogP contribution is 2.28. The number of hydrogen-bond acceptors (Lipinski definition) is 6. The van der Waals surface area contributed by atoms with Crippen LogP contribution in [-0.2, 0) is 0 Å². The molecule has 0 unspecified atom stereocenters. The molecule has 0 aliphatic carbocycles. The summed E-state index contributed by atoms with van der Waals surface area (Å²) in [6, 6.07) is 6.83. The molecule has 0 bridgehead atoms. The van der Waals surface area contributed by atoms with Gasteiger partial charge in [0.15, 0.2) is 11.5 Å². The lowest BCUT2D eigenvalue weighted by Gasteiger charge is -2.27. The van der Waals surface area contributed by atoms with E-state index in [-0.39, 0.29) is 5.91 Å². The number of rotatable bonds is 5. The van der Waals surface area contributed by atoms with Gasteiger partial charge in [0, 0.05) is 24.7 Å². The van der Waals surface area contributed by atoms with Gasteiger partial charge < -0.3 is 19.7 Å². The van der Waals surface area contributed by atoms with Crippen molar-refractivity contribution in [2.24, 2.45) is 0 Å². The first-order chi connectivity index (χ1) is 12.2. The van der Waals surface area contributed by atoms with Gasteiger partial charge in [0.2, 0.25) is 0 Å². The Morgan fingerprint density at radius 2 is 1.80 bits per heavy atom. The molecule has 2 aromatic rings. The molecule has 1 fully saturated rings. The van der Waals surface area contributed by atoms with Gasteiger partial charge in [-0.05, 0) is 37.5 Å². The topological polar surface area (TPSA) is 76.6 Å². The highest BCUT2D eigenvalue weighted by atomic mass is 16.5. The first-order valence-corrected chi connectivity index (χ1v) is 8.31. The number of nitrogens with one attached hydrogen (secondary N) is 1. The Morgan fingerprint density at radius 1 is 1.04 bits per heavy atom. The van der Waals surface area contributed by atoms with Crippen molar-refractivity contribution in [3.63, 3.8) is 0 Å². The Labute approximate surface area is 147 Å². The number of carbonyl (C=O) groups excluding carboxylic acids is 1. The van der Waals surface area contributed by atoms with Gasteiger partial charge in [-0.25, -0.2) is 9.97 Å². The lowest BCUT2D eigenvalue weighted by atomic mass is 10.1. The van der Waals surface area contributed by atoms with Gasteiger partial charge in [-0.3, -0.25) is 4.79 Å². The molecule has 1 saturated heterocycles. The highest BCUT2D eigenvalue weighted by Gasteiger charge is 2.15. The van der Waals surface area contributed by atoms with Gasteiger partial charge in [-0.15, -0.1) is 0 Å². The molecule has 1 aromatic heterocycles. The Hall–Kier alpha value is -2.83. The van der Waals surface area contributed by atoms with Crippen molar-refractivity contribution in [2.75, 3.05) is 37.5 Å². The molecule has 7 nitrogen and oxygen atoms in total. The van der Waals surface area contributed by atoms with Crippen molar-refractivity contribution < 1.29 is 14.3 Å². The fraction of sp³-hybridized carbons (Fsp3) is 0.389. The van der Waals surface area contributed by atoms with E-state index in [2.05, 4.69) is 20.2 Å². The van der Waals surface area contributed by atoms with Gasteiger partial charge in [0.05, 0.1) is 14.2 Å². The van der Waals surface area contributed by atoms with Crippen molar-refractivity contribution in [1.29, 1.82) is 0 Å². The van der Waals surface area contributed by atoms with E-state index in [0.29, 0.717) is 22.9 Å². The van der Waals surface area contributed by atoms with Gasteiger partial charge >= 0.3 is 0 Å². The predicted molar refractivity (Wildman–Crippen MR) is 95.6 cm³/mol. The van der Waals surface area contributed by atoms with E-state index >= 15 is 0 Å². The van der Waals surface area contributed by atoms with E-state index in [0.717, 1.165) is 31.7 Å². The standard InChI is InChI=1S/C18H22N4O3/c1-24-14-7-6-13(10-15(14)25-2)18(23)21-16-11-17(20-12-19-16)22-8-4-3-5-9-22/h6-7,10-12H,3-5,8-9H2,1-2H3,(H,19,20,21,23). The maximum absolute atomic E-state index is 12.5. The molecule has 7 heteroatoms. The van der Waals surface area contributed by atoms with Gasteiger partial charge in [-0.1, -0.05) is 0 Å². The summed E-state index contributed by atoms with van der Waals surface area (Å²) in [6.45, 7) is 1.97. The van der Waals surface area contributed by atoms with Crippen LogP contribution in [0.1, 0.15) is 29.6 Å². The minimum Gasteiger partial charge on any atom is -0.493 e. The summed E-state index contributed by atoms with van der Waals surface area (Å²) >= 11 is 0. The number of amides is 1. The minimum absolute atomic E-state index is 0.260. The SMILES string of the molecule is COc1ccc(C(=O)Nc2cc(N3CCCCC3)ncn2)cc1OC. The fourth-order valence-electron chi connectivity index (χ4n) is 2.88. The third kappa shape index (κ3) is 3.99. The number of nitrogens with zero attached hydrogens (tertiary/aromatic N) is 3. The fourth-order valence-corrected chi connectivity index (χ4v) is 2.88.